The van der Waals surface area contributed by atoms with Crippen molar-refractivity contribution in [1.29, 1.82) is 0 Å². The van der Waals surface area contributed by atoms with Crippen molar-refractivity contribution in [2.24, 2.45) is 5.92 Å². The van der Waals surface area contributed by atoms with Crippen LogP contribution in [-0.2, 0) is 31.4 Å². The maximum Gasteiger partial charge on any atom is 0.500 e. The highest BCUT2D eigenvalue weighted by Gasteiger charge is 2.38. The predicted molar refractivity (Wildman–Crippen MR) is 122 cm³/mol. The Morgan fingerprint density at radius 1 is 0.733 bits per heavy atom. The van der Waals surface area contributed by atoms with Gasteiger partial charge < -0.3 is 31.5 Å². The van der Waals surface area contributed by atoms with Gasteiger partial charge in [-0.3, -0.25) is 4.79 Å². The Hall–Kier alpha value is -0.336. The van der Waals surface area contributed by atoms with E-state index in [1.165, 1.54) is 0 Å². The number of amides is 1. The first-order valence-corrected chi connectivity index (χ1v) is 14.7. The lowest BCUT2D eigenvalue weighted by Crippen LogP contribution is -2.42. The van der Waals surface area contributed by atoms with Crippen LogP contribution < -0.4 is 0 Å². The van der Waals surface area contributed by atoms with Crippen LogP contribution in [-0.4, -0.2) is 84.2 Å². The van der Waals surface area contributed by atoms with E-state index in [0.29, 0.717) is 5.92 Å². The highest BCUT2D eigenvalue weighted by atomic mass is 28.4. The van der Waals surface area contributed by atoms with Gasteiger partial charge in [-0.2, -0.15) is 0 Å². The van der Waals surface area contributed by atoms with Crippen molar-refractivity contribution in [2.75, 3.05) is 55.7 Å². The lowest BCUT2D eigenvalue weighted by Gasteiger charge is -2.27. The fourth-order valence-corrected chi connectivity index (χ4v) is 7.35. The number of rotatable bonds is 19. The van der Waals surface area contributed by atoms with Crippen LogP contribution in [0.15, 0.2) is 0 Å². The summed E-state index contributed by atoms with van der Waals surface area (Å²) in [4.78, 5) is 13.7. The summed E-state index contributed by atoms with van der Waals surface area (Å²) in [7, 11) is 4.87. The van der Waals surface area contributed by atoms with Gasteiger partial charge in [0.05, 0.1) is 0 Å². The van der Waals surface area contributed by atoms with Gasteiger partial charge in [-0.05, 0) is 32.1 Å². The molecule has 0 aliphatic heterocycles. The van der Waals surface area contributed by atoms with E-state index < -0.39 is 17.6 Å². The molecule has 30 heavy (non-hydrogen) atoms. The van der Waals surface area contributed by atoms with Gasteiger partial charge in [0.2, 0.25) is 5.91 Å². The van der Waals surface area contributed by atoms with E-state index in [0.717, 1.165) is 63.7 Å². The molecule has 0 aliphatic rings. The summed E-state index contributed by atoms with van der Waals surface area (Å²) in [5, 5.41) is 0. The fraction of sp³-hybridized carbons (Fsp3) is 0.950. The molecule has 0 radical (unpaired) electrons. The molecule has 0 aromatic carbocycles. The van der Waals surface area contributed by atoms with Crippen molar-refractivity contribution in [1.82, 2.24) is 4.90 Å². The zero-order chi connectivity index (χ0) is 23.0. The van der Waals surface area contributed by atoms with Crippen LogP contribution in [0.1, 0.15) is 52.4 Å². The quantitative estimate of drug-likeness (QED) is 0.212. The number of carbonyl (C=O) groups is 1. The van der Waals surface area contributed by atoms with E-state index in [1.54, 1.807) is 49.6 Å². The largest absolute Gasteiger partial charge is 0.500 e. The van der Waals surface area contributed by atoms with Gasteiger partial charge in [0.1, 0.15) is 0 Å². The van der Waals surface area contributed by atoms with Gasteiger partial charge in [-0.1, -0.05) is 19.3 Å². The summed E-state index contributed by atoms with van der Waals surface area (Å²) < 4.78 is 33.2. The Labute approximate surface area is 186 Å². The molecule has 0 saturated carbocycles. The number of nitrogens with zero attached hydrogens (tertiary/aromatic N) is 1. The molecule has 0 fully saturated rings. The number of unbranched alkanes of at least 4 members (excludes halogenated alkanes) is 1. The van der Waals surface area contributed by atoms with Crippen LogP contribution in [0.4, 0.5) is 0 Å². The zero-order valence-corrected chi connectivity index (χ0v) is 22.5. The zero-order valence-electron chi connectivity index (χ0n) is 20.5. The van der Waals surface area contributed by atoms with Gasteiger partial charge in [0, 0.05) is 74.8 Å². The maximum absolute atomic E-state index is 11.8. The van der Waals surface area contributed by atoms with Gasteiger partial charge in [0.15, 0.2) is 0 Å². The molecule has 0 saturated heterocycles. The molecule has 10 heteroatoms. The van der Waals surface area contributed by atoms with Crippen LogP contribution in [0.2, 0.25) is 12.1 Å². The third-order valence-corrected chi connectivity index (χ3v) is 11.6. The van der Waals surface area contributed by atoms with Crippen molar-refractivity contribution < 1.29 is 31.4 Å². The molecule has 1 unspecified atom stereocenters. The molecule has 0 bridgehead atoms. The van der Waals surface area contributed by atoms with Crippen molar-refractivity contribution in [3.63, 3.8) is 0 Å². The first-order valence-electron chi connectivity index (χ1n) is 10.9. The Morgan fingerprint density at radius 3 is 1.57 bits per heavy atom. The highest BCUT2D eigenvalue weighted by Crippen LogP contribution is 2.26. The molecule has 0 N–H and O–H groups in total. The van der Waals surface area contributed by atoms with Crippen LogP contribution in [0, 0.1) is 5.92 Å². The topological polar surface area (TPSA) is 75.7 Å². The average molecular weight is 468 g/mol. The molecular formula is C20H45NO7Si2. The summed E-state index contributed by atoms with van der Waals surface area (Å²) in [6, 6.07) is 1.61. The summed E-state index contributed by atoms with van der Waals surface area (Å²) in [6.45, 7) is 5.21. The summed E-state index contributed by atoms with van der Waals surface area (Å²) >= 11 is 0. The maximum atomic E-state index is 11.8. The Balaban J connectivity index is 4.76. The smallest absolute Gasteiger partial charge is 0.377 e. The summed E-state index contributed by atoms with van der Waals surface area (Å²) in [6.07, 6.45) is 6.19. The monoisotopic (exact) mass is 467 g/mol. The molecule has 0 aromatic heterocycles. The number of hydrogen-bond acceptors (Lipinski definition) is 7. The van der Waals surface area contributed by atoms with Gasteiger partial charge in [-0.15, -0.1) is 0 Å². The van der Waals surface area contributed by atoms with Gasteiger partial charge in [-0.25, -0.2) is 0 Å². The third-order valence-electron chi connectivity index (χ3n) is 5.94. The van der Waals surface area contributed by atoms with Crippen LogP contribution >= 0.6 is 0 Å². The Bertz CT molecular complexity index is 432. The van der Waals surface area contributed by atoms with E-state index in [-0.39, 0.29) is 5.91 Å². The average Bonchev–Trinajstić information content (AvgIpc) is 2.77. The minimum absolute atomic E-state index is 0.136. The van der Waals surface area contributed by atoms with E-state index >= 15 is 0 Å². The molecular weight excluding hydrogens is 422 g/mol. The second-order valence-corrected chi connectivity index (χ2v) is 13.7. The molecule has 1 atom stereocenters. The standard InChI is InChI=1S/C20H45NO7Si2/c1-9-21(19(2)22)16-15-20(14-12-18-30(26-6,27-7)28-8)13-10-11-17-29(23-3,24-4)25-5/h20H,9-18H2,1-8H3. The van der Waals surface area contributed by atoms with Crippen molar-refractivity contribution in [2.45, 2.75) is 64.5 Å². The number of carbonyl (C=O) groups excluding carboxylic acids is 1. The molecule has 8 nitrogen and oxygen atoms in total. The second-order valence-electron chi connectivity index (χ2n) is 7.48. The predicted octanol–water partition coefficient (Wildman–Crippen LogP) is 3.57. The van der Waals surface area contributed by atoms with E-state index in [1.807, 2.05) is 11.8 Å². The minimum atomic E-state index is -2.54. The van der Waals surface area contributed by atoms with Crippen LogP contribution in [0.3, 0.4) is 0 Å². The molecule has 0 aliphatic carbocycles. The molecule has 0 aromatic rings. The number of hydrogen-bond donors (Lipinski definition) is 0. The lowest BCUT2D eigenvalue weighted by atomic mass is 9.93. The summed E-state index contributed by atoms with van der Waals surface area (Å²) in [5.41, 5.74) is 0. The van der Waals surface area contributed by atoms with E-state index in [9.17, 15) is 4.79 Å². The molecule has 180 valence electrons. The van der Waals surface area contributed by atoms with E-state index in [4.69, 9.17) is 26.6 Å². The lowest BCUT2D eigenvalue weighted by molar-refractivity contribution is -0.128. The summed E-state index contributed by atoms with van der Waals surface area (Å²) in [5.74, 6) is 0.663. The Kier molecular flexibility index (Phi) is 16.1. The SMILES string of the molecule is CCN(CCC(CCCC[Si](OC)(OC)OC)CCC[Si](OC)(OC)OC)C(C)=O. The Morgan fingerprint density at radius 2 is 1.17 bits per heavy atom. The fourth-order valence-electron chi connectivity index (χ4n) is 3.80. The van der Waals surface area contributed by atoms with Crippen molar-refractivity contribution in [3.05, 3.63) is 0 Å². The van der Waals surface area contributed by atoms with Crippen molar-refractivity contribution in [3.8, 4) is 0 Å². The minimum Gasteiger partial charge on any atom is -0.377 e. The first kappa shape index (κ1) is 29.7. The van der Waals surface area contributed by atoms with Crippen LogP contribution in [0.5, 0.6) is 0 Å². The third kappa shape index (κ3) is 10.3. The second kappa shape index (κ2) is 16.3. The van der Waals surface area contributed by atoms with Crippen molar-refractivity contribution >= 4 is 23.5 Å². The highest BCUT2D eigenvalue weighted by molar-refractivity contribution is 6.60. The molecule has 0 rings (SSSR count). The normalized spacial score (nSPS) is 13.5. The molecule has 0 spiro atoms. The molecule has 1 amide bonds. The molecule has 0 heterocycles. The first-order chi connectivity index (χ1) is 14.3. The van der Waals surface area contributed by atoms with Crippen LogP contribution in [0.25, 0.3) is 0 Å². The van der Waals surface area contributed by atoms with E-state index in [2.05, 4.69) is 0 Å². The van der Waals surface area contributed by atoms with Gasteiger partial charge >= 0.3 is 17.6 Å². The van der Waals surface area contributed by atoms with Gasteiger partial charge in [0.25, 0.3) is 0 Å².